The third-order valence-corrected chi connectivity index (χ3v) is 3.57. The molecule has 3 nitrogen and oxygen atoms in total. The van der Waals surface area contributed by atoms with Crippen molar-refractivity contribution in [3.05, 3.63) is 0 Å². The summed E-state index contributed by atoms with van der Waals surface area (Å²) in [5.41, 5.74) is 0.191. The van der Waals surface area contributed by atoms with E-state index in [4.69, 9.17) is 0 Å². The maximum atomic E-state index is 9.91. The summed E-state index contributed by atoms with van der Waals surface area (Å²) in [6, 6.07) is 1.39. The maximum absolute atomic E-state index is 9.91. The Morgan fingerprint density at radius 3 is 2.13 bits per heavy atom. The fraction of sp³-hybridized carbons (Fsp3) is 1.00. The first-order valence-electron chi connectivity index (χ1n) is 6.20. The lowest BCUT2D eigenvalue weighted by Crippen LogP contribution is -2.57. The first-order chi connectivity index (χ1) is 6.96. The van der Waals surface area contributed by atoms with Crippen LogP contribution in [0.1, 0.15) is 52.9 Å². The summed E-state index contributed by atoms with van der Waals surface area (Å²) in [4.78, 5) is 0. The molecule has 2 fully saturated rings. The molecule has 0 aliphatic carbocycles. The third-order valence-electron chi connectivity index (χ3n) is 3.57. The summed E-state index contributed by atoms with van der Waals surface area (Å²) in [6.07, 6.45) is 5.81. The second-order valence-corrected chi connectivity index (χ2v) is 6.18. The molecule has 3 atom stereocenters. The van der Waals surface area contributed by atoms with E-state index in [0.717, 1.165) is 25.7 Å². The number of hydroxylamine groups is 2. The van der Waals surface area contributed by atoms with Crippen LogP contribution < -0.4 is 5.32 Å². The molecule has 2 saturated heterocycles. The molecule has 0 aromatic heterocycles. The van der Waals surface area contributed by atoms with Crippen molar-refractivity contribution in [1.82, 2.24) is 10.4 Å². The lowest BCUT2D eigenvalue weighted by atomic mass is 9.83. The van der Waals surface area contributed by atoms with Crippen molar-refractivity contribution in [3.8, 4) is 0 Å². The lowest BCUT2D eigenvalue weighted by molar-refractivity contribution is -0.199. The van der Waals surface area contributed by atoms with E-state index in [9.17, 15) is 5.21 Å². The Kier molecular flexibility index (Phi) is 3.06. The molecule has 2 rings (SSSR count). The molecule has 0 radical (unpaired) electrons. The van der Waals surface area contributed by atoms with E-state index in [-0.39, 0.29) is 5.54 Å². The SMILES string of the molecule is CC(C)(C)NC1CC2CCC[C@@H](C1)N2O. The van der Waals surface area contributed by atoms with Crippen molar-refractivity contribution in [2.24, 2.45) is 0 Å². The van der Waals surface area contributed by atoms with Crippen molar-refractivity contribution < 1.29 is 5.21 Å². The highest BCUT2D eigenvalue weighted by atomic mass is 16.5. The molecular formula is C12H24N2O. The van der Waals surface area contributed by atoms with Crippen molar-refractivity contribution >= 4 is 0 Å². The summed E-state index contributed by atoms with van der Waals surface area (Å²) in [5.74, 6) is 0. The molecule has 2 bridgehead atoms. The number of nitrogens with one attached hydrogen (secondary N) is 1. The molecule has 0 amide bonds. The van der Waals surface area contributed by atoms with Crippen LogP contribution in [0.4, 0.5) is 0 Å². The minimum absolute atomic E-state index is 0.191. The van der Waals surface area contributed by atoms with Crippen LogP contribution in [0.15, 0.2) is 0 Å². The molecule has 2 heterocycles. The highest BCUT2D eigenvalue weighted by Gasteiger charge is 2.38. The highest BCUT2D eigenvalue weighted by Crippen LogP contribution is 2.32. The minimum Gasteiger partial charge on any atom is -0.313 e. The topological polar surface area (TPSA) is 35.5 Å². The van der Waals surface area contributed by atoms with E-state index in [2.05, 4.69) is 26.1 Å². The first-order valence-corrected chi connectivity index (χ1v) is 6.20. The Bertz CT molecular complexity index is 210. The number of rotatable bonds is 1. The van der Waals surface area contributed by atoms with Gasteiger partial charge in [-0.25, -0.2) is 0 Å². The molecule has 2 aliphatic rings. The molecule has 15 heavy (non-hydrogen) atoms. The van der Waals surface area contributed by atoms with Gasteiger partial charge in [-0.3, -0.25) is 0 Å². The molecule has 0 aromatic rings. The molecule has 2 unspecified atom stereocenters. The summed E-state index contributed by atoms with van der Waals surface area (Å²) < 4.78 is 0. The summed E-state index contributed by atoms with van der Waals surface area (Å²) in [7, 11) is 0. The Morgan fingerprint density at radius 2 is 1.67 bits per heavy atom. The zero-order chi connectivity index (χ0) is 11.1. The van der Waals surface area contributed by atoms with E-state index < -0.39 is 0 Å². The zero-order valence-corrected chi connectivity index (χ0v) is 10.2. The number of nitrogens with zero attached hydrogens (tertiary/aromatic N) is 1. The Morgan fingerprint density at radius 1 is 1.13 bits per heavy atom. The smallest absolute Gasteiger partial charge is 0.0368 e. The fourth-order valence-corrected chi connectivity index (χ4v) is 3.09. The highest BCUT2D eigenvalue weighted by molar-refractivity contribution is 4.93. The van der Waals surface area contributed by atoms with Crippen LogP contribution in [0, 0.1) is 0 Å². The first kappa shape index (κ1) is 11.4. The quantitative estimate of drug-likeness (QED) is 0.699. The zero-order valence-electron chi connectivity index (χ0n) is 10.2. The normalized spacial score (nSPS) is 38.0. The molecule has 0 spiro atoms. The van der Waals surface area contributed by atoms with Crippen LogP contribution in [0.2, 0.25) is 0 Å². The maximum Gasteiger partial charge on any atom is 0.0368 e. The van der Waals surface area contributed by atoms with Gasteiger partial charge in [-0.1, -0.05) is 6.42 Å². The van der Waals surface area contributed by atoms with Crippen LogP contribution in [-0.4, -0.2) is 33.9 Å². The van der Waals surface area contributed by atoms with Gasteiger partial charge in [0, 0.05) is 23.7 Å². The molecule has 3 heteroatoms. The van der Waals surface area contributed by atoms with Crippen molar-refractivity contribution in [2.45, 2.75) is 76.5 Å². The Balaban J connectivity index is 1.95. The van der Waals surface area contributed by atoms with Gasteiger partial charge in [0.15, 0.2) is 0 Å². The van der Waals surface area contributed by atoms with Gasteiger partial charge >= 0.3 is 0 Å². The summed E-state index contributed by atoms with van der Waals surface area (Å²) in [5, 5.41) is 15.2. The molecule has 0 saturated carbocycles. The van der Waals surface area contributed by atoms with E-state index in [0.29, 0.717) is 18.1 Å². The Hall–Kier alpha value is -0.120. The summed E-state index contributed by atoms with van der Waals surface area (Å²) >= 11 is 0. The predicted octanol–water partition coefficient (Wildman–Crippen LogP) is 2.15. The van der Waals surface area contributed by atoms with Crippen LogP contribution in [0.25, 0.3) is 0 Å². The van der Waals surface area contributed by atoms with Gasteiger partial charge in [-0.2, -0.15) is 5.06 Å². The van der Waals surface area contributed by atoms with Gasteiger partial charge in [0.25, 0.3) is 0 Å². The van der Waals surface area contributed by atoms with Crippen molar-refractivity contribution in [2.75, 3.05) is 0 Å². The van der Waals surface area contributed by atoms with Gasteiger partial charge in [-0.05, 0) is 46.5 Å². The standard InChI is InChI=1S/C12H24N2O/c1-12(2,3)13-9-7-10-5-4-6-11(8-9)14(10)15/h9-11,13,15H,4-8H2,1-3H3/t9?,10-,11?/m0/s1. The molecule has 0 aromatic carbocycles. The second-order valence-electron chi connectivity index (χ2n) is 6.18. The second kappa shape index (κ2) is 4.04. The number of piperidine rings is 2. The number of hydrogen-bond donors (Lipinski definition) is 2. The number of hydrogen-bond acceptors (Lipinski definition) is 3. The number of fused-ring (bicyclic) bond motifs is 2. The van der Waals surface area contributed by atoms with Crippen LogP contribution >= 0.6 is 0 Å². The van der Waals surface area contributed by atoms with Gasteiger partial charge in [0.1, 0.15) is 0 Å². The fourth-order valence-electron chi connectivity index (χ4n) is 3.09. The predicted molar refractivity (Wildman–Crippen MR) is 61.0 cm³/mol. The van der Waals surface area contributed by atoms with Crippen LogP contribution in [-0.2, 0) is 0 Å². The van der Waals surface area contributed by atoms with Gasteiger partial charge in [0.2, 0.25) is 0 Å². The molecule has 2 aliphatic heterocycles. The largest absolute Gasteiger partial charge is 0.313 e. The van der Waals surface area contributed by atoms with Gasteiger partial charge in [-0.15, -0.1) is 0 Å². The molecule has 2 N–H and O–H groups in total. The average molecular weight is 212 g/mol. The minimum atomic E-state index is 0.191. The van der Waals surface area contributed by atoms with Crippen LogP contribution in [0.3, 0.4) is 0 Å². The molecular weight excluding hydrogens is 188 g/mol. The van der Waals surface area contributed by atoms with E-state index >= 15 is 0 Å². The van der Waals surface area contributed by atoms with Gasteiger partial charge in [0.05, 0.1) is 0 Å². The van der Waals surface area contributed by atoms with E-state index in [1.807, 2.05) is 0 Å². The van der Waals surface area contributed by atoms with E-state index in [1.165, 1.54) is 6.42 Å². The van der Waals surface area contributed by atoms with Crippen molar-refractivity contribution in [1.29, 1.82) is 0 Å². The summed E-state index contributed by atoms with van der Waals surface area (Å²) in [6.45, 7) is 6.65. The van der Waals surface area contributed by atoms with E-state index in [1.54, 1.807) is 5.06 Å². The van der Waals surface area contributed by atoms with Crippen LogP contribution in [0.5, 0.6) is 0 Å². The lowest BCUT2D eigenvalue weighted by Gasteiger charge is -2.46. The monoisotopic (exact) mass is 212 g/mol. The Labute approximate surface area is 92.8 Å². The van der Waals surface area contributed by atoms with Gasteiger partial charge < -0.3 is 10.5 Å². The third kappa shape index (κ3) is 2.71. The molecule has 88 valence electrons. The average Bonchev–Trinajstić information content (AvgIpc) is 2.04. The van der Waals surface area contributed by atoms with Crippen molar-refractivity contribution in [3.63, 3.8) is 0 Å².